The zero-order chi connectivity index (χ0) is 19.9. The first-order valence-electron chi connectivity index (χ1n) is 8.53. The number of carbonyl (C=O) groups excluding carboxylic acids is 1. The second kappa shape index (κ2) is 9.01. The van der Waals surface area contributed by atoms with E-state index >= 15 is 0 Å². The summed E-state index contributed by atoms with van der Waals surface area (Å²) in [5.74, 6) is -0.321. The highest BCUT2D eigenvalue weighted by molar-refractivity contribution is 6.45. The molecule has 0 saturated heterocycles. The maximum absolute atomic E-state index is 12.1. The number of nitrogens with one attached hydrogen (secondary N) is 1. The predicted molar refractivity (Wildman–Crippen MR) is 112 cm³/mol. The van der Waals surface area contributed by atoms with Gasteiger partial charge in [-0.3, -0.25) is 4.79 Å². The average molecular weight is 395 g/mol. The molecule has 1 N–H and O–H groups in total. The molecule has 0 bridgehead atoms. The van der Waals surface area contributed by atoms with Crippen molar-refractivity contribution in [3.8, 4) is 5.69 Å². The lowest BCUT2D eigenvalue weighted by Gasteiger charge is -2.07. The van der Waals surface area contributed by atoms with Gasteiger partial charge in [-0.15, -0.1) is 0 Å². The predicted octanol–water partition coefficient (Wildman–Crippen LogP) is 3.79. The van der Waals surface area contributed by atoms with Crippen LogP contribution in [0, 0.1) is 0 Å². The molecule has 0 spiro atoms. The van der Waals surface area contributed by atoms with Gasteiger partial charge < -0.3 is 10.2 Å². The van der Waals surface area contributed by atoms with E-state index in [1.54, 1.807) is 17.9 Å². The van der Waals surface area contributed by atoms with Gasteiger partial charge >= 0.3 is 0 Å². The Hall–Kier alpha value is -3.38. The van der Waals surface area contributed by atoms with Crippen molar-refractivity contribution in [2.75, 3.05) is 14.2 Å². The van der Waals surface area contributed by atoms with E-state index in [0.717, 1.165) is 16.8 Å². The summed E-state index contributed by atoms with van der Waals surface area (Å²) in [6.45, 7) is 0. The van der Waals surface area contributed by atoms with Crippen molar-refractivity contribution >= 4 is 35.4 Å². The fourth-order valence-electron chi connectivity index (χ4n) is 2.62. The van der Waals surface area contributed by atoms with Crippen LogP contribution in [-0.2, 0) is 9.63 Å². The molecule has 0 unspecified atom stereocenters. The van der Waals surface area contributed by atoms with Gasteiger partial charge in [-0.05, 0) is 29.8 Å². The normalized spacial score (nSPS) is 11.6. The summed E-state index contributed by atoms with van der Waals surface area (Å²) in [4.78, 5) is 17.0. The van der Waals surface area contributed by atoms with Crippen molar-refractivity contribution in [1.82, 2.24) is 15.1 Å². The quantitative estimate of drug-likeness (QED) is 0.510. The molecule has 7 heteroatoms. The Morgan fingerprint density at radius 1 is 1.18 bits per heavy atom. The average Bonchev–Trinajstić information content (AvgIpc) is 3.20. The van der Waals surface area contributed by atoms with Gasteiger partial charge in [0.15, 0.2) is 5.71 Å². The number of aromatic nitrogens is 2. The zero-order valence-corrected chi connectivity index (χ0v) is 16.2. The van der Waals surface area contributed by atoms with E-state index in [4.69, 9.17) is 16.4 Å². The Labute approximate surface area is 168 Å². The molecule has 3 aromatic rings. The monoisotopic (exact) mass is 394 g/mol. The molecule has 0 aliphatic rings. The number of likely N-dealkylation sites (N-methyl/N-ethyl adjacent to an activating group) is 1. The molecule has 0 radical (unpaired) electrons. The van der Waals surface area contributed by atoms with E-state index in [-0.39, 0.29) is 11.6 Å². The topological polar surface area (TPSA) is 68.5 Å². The Bertz CT molecular complexity index is 1020. The molecule has 0 fully saturated rings. The molecule has 0 atom stereocenters. The second-order valence-corrected chi connectivity index (χ2v) is 6.25. The maximum atomic E-state index is 12.1. The van der Waals surface area contributed by atoms with Gasteiger partial charge in [0.1, 0.15) is 7.11 Å². The third-order valence-corrected chi connectivity index (χ3v) is 4.24. The first-order valence-corrected chi connectivity index (χ1v) is 8.91. The summed E-state index contributed by atoms with van der Waals surface area (Å²) < 4.78 is 1.77. The standard InChI is InChI=1S/C21H19ClN4O2/c1-23-21(27)20(25-28-2)19-6-4-3-5-16(19)8-7-15-13-24-26(14-15)18-11-9-17(22)10-12-18/h3-14H,1-2H3,(H,23,27)/b8-7+,25-20+. The second-order valence-electron chi connectivity index (χ2n) is 5.82. The van der Waals surface area contributed by atoms with E-state index in [1.807, 2.05) is 66.9 Å². The van der Waals surface area contributed by atoms with E-state index in [2.05, 4.69) is 15.6 Å². The minimum Gasteiger partial charge on any atom is -0.398 e. The number of amides is 1. The number of hydrogen-bond donors (Lipinski definition) is 1. The van der Waals surface area contributed by atoms with Crippen molar-refractivity contribution in [3.63, 3.8) is 0 Å². The molecule has 1 heterocycles. The highest BCUT2D eigenvalue weighted by Gasteiger charge is 2.16. The van der Waals surface area contributed by atoms with Crippen LogP contribution < -0.4 is 5.32 Å². The third kappa shape index (κ3) is 4.47. The Kier molecular flexibility index (Phi) is 6.24. The molecule has 0 saturated carbocycles. The minimum atomic E-state index is -0.321. The van der Waals surface area contributed by atoms with Gasteiger partial charge in [-0.25, -0.2) is 4.68 Å². The van der Waals surface area contributed by atoms with Crippen molar-refractivity contribution in [1.29, 1.82) is 0 Å². The zero-order valence-electron chi connectivity index (χ0n) is 15.5. The van der Waals surface area contributed by atoms with Crippen LogP contribution in [0.25, 0.3) is 17.8 Å². The highest BCUT2D eigenvalue weighted by Crippen LogP contribution is 2.17. The summed E-state index contributed by atoms with van der Waals surface area (Å²) in [6.07, 6.45) is 7.50. The molecular formula is C21H19ClN4O2. The van der Waals surface area contributed by atoms with Crippen LogP contribution in [0.5, 0.6) is 0 Å². The van der Waals surface area contributed by atoms with Gasteiger partial charge in [0.25, 0.3) is 5.91 Å². The van der Waals surface area contributed by atoms with Gasteiger partial charge in [0.05, 0.1) is 11.9 Å². The van der Waals surface area contributed by atoms with Crippen LogP contribution in [0.2, 0.25) is 5.02 Å². The Morgan fingerprint density at radius 2 is 1.93 bits per heavy atom. The SMILES string of the molecule is CNC(=O)/C(=N/OC)c1ccccc1/C=C/c1cnn(-c2ccc(Cl)cc2)c1. The van der Waals surface area contributed by atoms with Crippen LogP contribution in [-0.4, -0.2) is 35.6 Å². The highest BCUT2D eigenvalue weighted by atomic mass is 35.5. The molecule has 142 valence electrons. The molecule has 1 aromatic heterocycles. The molecule has 6 nitrogen and oxygen atoms in total. The fraction of sp³-hybridized carbons (Fsp3) is 0.0952. The van der Waals surface area contributed by atoms with Crippen molar-refractivity contribution < 1.29 is 9.63 Å². The molecule has 0 aliphatic heterocycles. The van der Waals surface area contributed by atoms with Crippen LogP contribution in [0.1, 0.15) is 16.7 Å². The lowest BCUT2D eigenvalue weighted by molar-refractivity contribution is -0.114. The fourth-order valence-corrected chi connectivity index (χ4v) is 2.75. The van der Waals surface area contributed by atoms with Gasteiger partial charge in [0.2, 0.25) is 0 Å². The van der Waals surface area contributed by atoms with Crippen LogP contribution in [0.3, 0.4) is 0 Å². The largest absolute Gasteiger partial charge is 0.398 e. The van der Waals surface area contributed by atoms with E-state index in [0.29, 0.717) is 10.6 Å². The van der Waals surface area contributed by atoms with Gasteiger partial charge in [-0.2, -0.15) is 5.10 Å². The van der Waals surface area contributed by atoms with Crippen LogP contribution >= 0.6 is 11.6 Å². The minimum absolute atomic E-state index is 0.210. The molecule has 28 heavy (non-hydrogen) atoms. The molecule has 0 aliphatic carbocycles. The number of halogens is 1. The summed E-state index contributed by atoms with van der Waals surface area (Å²) >= 11 is 5.93. The Balaban J connectivity index is 1.88. The number of hydrogen-bond acceptors (Lipinski definition) is 4. The lowest BCUT2D eigenvalue weighted by atomic mass is 10.0. The summed E-state index contributed by atoms with van der Waals surface area (Å²) in [5.41, 5.74) is 3.54. The van der Waals surface area contributed by atoms with Gasteiger partial charge in [0, 0.05) is 29.4 Å². The van der Waals surface area contributed by atoms with Crippen molar-refractivity contribution in [3.05, 3.63) is 82.6 Å². The van der Waals surface area contributed by atoms with E-state index in [9.17, 15) is 4.79 Å². The summed E-state index contributed by atoms with van der Waals surface area (Å²) in [5, 5.41) is 11.5. The molecule has 2 aromatic carbocycles. The first-order chi connectivity index (χ1) is 13.6. The molecular weight excluding hydrogens is 376 g/mol. The van der Waals surface area contributed by atoms with Crippen molar-refractivity contribution in [2.45, 2.75) is 0 Å². The van der Waals surface area contributed by atoms with Crippen molar-refractivity contribution in [2.24, 2.45) is 5.16 Å². The lowest BCUT2D eigenvalue weighted by Crippen LogP contribution is -2.29. The smallest absolute Gasteiger partial charge is 0.273 e. The number of rotatable bonds is 6. The number of oxime groups is 1. The number of nitrogens with zero attached hydrogens (tertiary/aromatic N) is 3. The summed E-state index contributed by atoms with van der Waals surface area (Å²) in [6, 6.07) is 14.9. The van der Waals surface area contributed by atoms with Crippen LogP contribution in [0.4, 0.5) is 0 Å². The first kappa shape index (κ1) is 19.4. The summed E-state index contributed by atoms with van der Waals surface area (Å²) in [7, 11) is 2.96. The maximum Gasteiger partial charge on any atom is 0.273 e. The third-order valence-electron chi connectivity index (χ3n) is 3.99. The van der Waals surface area contributed by atoms with Crippen LogP contribution in [0.15, 0.2) is 66.1 Å². The number of benzene rings is 2. The van der Waals surface area contributed by atoms with E-state index < -0.39 is 0 Å². The number of carbonyl (C=O) groups is 1. The van der Waals surface area contributed by atoms with Gasteiger partial charge in [-0.1, -0.05) is 53.2 Å². The molecule has 3 rings (SSSR count). The Morgan fingerprint density at radius 3 is 2.64 bits per heavy atom. The molecule has 1 amide bonds. The van der Waals surface area contributed by atoms with E-state index in [1.165, 1.54) is 7.11 Å².